The van der Waals surface area contributed by atoms with Crippen molar-refractivity contribution in [2.45, 2.75) is 20.5 Å². The van der Waals surface area contributed by atoms with Crippen molar-refractivity contribution in [2.24, 2.45) is 0 Å². The molecule has 0 bridgehead atoms. The second kappa shape index (κ2) is 9.19. The fourth-order valence-corrected chi connectivity index (χ4v) is 3.26. The molecule has 28 heavy (non-hydrogen) atoms. The van der Waals surface area contributed by atoms with E-state index in [0.29, 0.717) is 23.2 Å². The molecule has 0 atom stereocenters. The fourth-order valence-electron chi connectivity index (χ4n) is 2.56. The van der Waals surface area contributed by atoms with Gasteiger partial charge in [0.2, 0.25) is 5.91 Å². The van der Waals surface area contributed by atoms with Gasteiger partial charge in [0.05, 0.1) is 12.8 Å². The molecule has 0 radical (unpaired) electrons. The fraction of sp³-hybridized carbons (Fsp3) is 0.182. The van der Waals surface area contributed by atoms with Gasteiger partial charge in [0.1, 0.15) is 6.61 Å². The lowest BCUT2D eigenvalue weighted by molar-refractivity contribution is -0.111. The Bertz CT molecular complexity index is 995. The maximum absolute atomic E-state index is 12.0. The quantitative estimate of drug-likeness (QED) is 0.573. The van der Waals surface area contributed by atoms with Gasteiger partial charge in [-0.05, 0) is 48.7 Å². The summed E-state index contributed by atoms with van der Waals surface area (Å²) in [6.07, 6.45) is 3.20. The highest BCUT2D eigenvalue weighted by atomic mass is 32.1. The topological polar surface area (TPSA) is 60.5 Å². The summed E-state index contributed by atoms with van der Waals surface area (Å²) in [6, 6.07) is 13.7. The number of nitrogens with zero attached hydrogens (tertiary/aromatic N) is 1. The summed E-state index contributed by atoms with van der Waals surface area (Å²) in [6.45, 7) is 4.41. The minimum Gasteiger partial charge on any atom is -0.493 e. The molecule has 3 rings (SSSR count). The molecular weight excluding hydrogens is 372 g/mol. The smallest absolute Gasteiger partial charge is 0.250 e. The molecule has 6 heteroatoms. The summed E-state index contributed by atoms with van der Waals surface area (Å²) in [5.41, 5.74) is 4.03. The number of carbonyl (C=O) groups excluding carboxylic acids is 1. The molecule has 2 aromatic carbocycles. The van der Waals surface area contributed by atoms with E-state index in [0.717, 1.165) is 16.8 Å². The minimum atomic E-state index is -0.229. The van der Waals surface area contributed by atoms with E-state index in [1.165, 1.54) is 23.0 Å². The molecule has 0 fully saturated rings. The number of rotatable bonds is 7. The van der Waals surface area contributed by atoms with Crippen LogP contribution in [0.4, 0.5) is 5.13 Å². The van der Waals surface area contributed by atoms with E-state index in [1.807, 2.05) is 48.7 Å². The van der Waals surface area contributed by atoms with Crippen LogP contribution in [-0.2, 0) is 11.4 Å². The number of thiazole rings is 1. The normalized spacial score (nSPS) is 10.8. The summed E-state index contributed by atoms with van der Waals surface area (Å²) < 4.78 is 11.4. The van der Waals surface area contributed by atoms with Gasteiger partial charge in [0, 0.05) is 11.5 Å². The molecule has 0 spiro atoms. The standard InChI is InChI=1S/C22H22N2O3S/c1-15-6-4-5-7-18(15)13-27-19-10-8-17(12-20(19)26-3)9-11-21(25)24-22-23-16(2)14-28-22/h4-12,14H,13H2,1-3H3,(H,23,24,25). The molecule has 0 saturated heterocycles. The lowest BCUT2D eigenvalue weighted by atomic mass is 10.1. The lowest BCUT2D eigenvalue weighted by Gasteiger charge is -2.12. The first-order chi connectivity index (χ1) is 13.5. The third-order valence-electron chi connectivity index (χ3n) is 4.11. The van der Waals surface area contributed by atoms with E-state index < -0.39 is 0 Å². The molecular formula is C22H22N2O3S. The molecule has 144 valence electrons. The monoisotopic (exact) mass is 394 g/mol. The second-order valence-corrected chi connectivity index (χ2v) is 7.10. The number of aromatic nitrogens is 1. The van der Waals surface area contributed by atoms with Crippen molar-refractivity contribution < 1.29 is 14.3 Å². The SMILES string of the molecule is COc1cc(C=CC(=O)Nc2nc(C)cs2)ccc1OCc1ccccc1C. The molecule has 3 aromatic rings. The van der Waals surface area contributed by atoms with Crippen molar-refractivity contribution in [3.8, 4) is 11.5 Å². The van der Waals surface area contributed by atoms with Crippen LogP contribution in [0.25, 0.3) is 6.08 Å². The summed E-state index contributed by atoms with van der Waals surface area (Å²) in [5, 5.41) is 5.22. The summed E-state index contributed by atoms with van der Waals surface area (Å²) in [4.78, 5) is 16.2. The van der Waals surface area contributed by atoms with E-state index in [2.05, 4.69) is 23.3 Å². The largest absolute Gasteiger partial charge is 0.493 e. The second-order valence-electron chi connectivity index (χ2n) is 6.24. The average Bonchev–Trinajstić information content (AvgIpc) is 3.10. The van der Waals surface area contributed by atoms with E-state index in [4.69, 9.17) is 9.47 Å². The van der Waals surface area contributed by atoms with Crippen LogP contribution < -0.4 is 14.8 Å². The Kier molecular flexibility index (Phi) is 6.45. The van der Waals surface area contributed by atoms with Crippen LogP contribution in [0.3, 0.4) is 0 Å². The number of ether oxygens (including phenoxy) is 2. The Morgan fingerprint density at radius 1 is 1.18 bits per heavy atom. The average molecular weight is 394 g/mol. The molecule has 1 amide bonds. The number of aryl methyl sites for hydroxylation is 2. The molecule has 1 aromatic heterocycles. The van der Waals surface area contributed by atoms with Crippen molar-refractivity contribution >= 4 is 28.5 Å². The number of anilines is 1. The highest BCUT2D eigenvalue weighted by Gasteiger charge is 2.07. The number of hydrogen-bond donors (Lipinski definition) is 1. The molecule has 0 unspecified atom stereocenters. The Hall–Kier alpha value is -3.12. The molecule has 0 aliphatic heterocycles. The zero-order chi connectivity index (χ0) is 19.9. The molecule has 0 aliphatic rings. The van der Waals surface area contributed by atoms with Gasteiger partial charge in [-0.2, -0.15) is 0 Å². The predicted molar refractivity (Wildman–Crippen MR) is 113 cm³/mol. The Morgan fingerprint density at radius 3 is 2.71 bits per heavy atom. The van der Waals surface area contributed by atoms with Crippen molar-refractivity contribution in [1.82, 2.24) is 4.98 Å². The molecule has 1 N–H and O–H groups in total. The lowest BCUT2D eigenvalue weighted by Crippen LogP contribution is -2.07. The number of nitrogens with one attached hydrogen (secondary N) is 1. The van der Waals surface area contributed by atoms with E-state index in [9.17, 15) is 4.79 Å². The third kappa shape index (κ3) is 5.20. The highest BCUT2D eigenvalue weighted by Crippen LogP contribution is 2.29. The van der Waals surface area contributed by atoms with E-state index >= 15 is 0 Å². The first-order valence-corrected chi connectivity index (χ1v) is 9.69. The number of benzene rings is 2. The summed E-state index contributed by atoms with van der Waals surface area (Å²) >= 11 is 1.40. The van der Waals surface area contributed by atoms with Crippen molar-refractivity contribution in [1.29, 1.82) is 0 Å². The summed E-state index contributed by atoms with van der Waals surface area (Å²) in [5.74, 6) is 1.05. The predicted octanol–water partition coefficient (Wildman–Crippen LogP) is 5.00. The van der Waals surface area contributed by atoms with Gasteiger partial charge in [-0.1, -0.05) is 30.3 Å². The maximum atomic E-state index is 12.0. The Labute approximate surface area is 168 Å². The number of amides is 1. The van der Waals surface area contributed by atoms with Crippen LogP contribution in [0.2, 0.25) is 0 Å². The van der Waals surface area contributed by atoms with Gasteiger partial charge in [-0.25, -0.2) is 4.98 Å². The van der Waals surface area contributed by atoms with E-state index in [-0.39, 0.29) is 5.91 Å². The Morgan fingerprint density at radius 2 is 2.00 bits per heavy atom. The number of carbonyl (C=O) groups is 1. The molecule has 0 saturated carbocycles. The van der Waals surface area contributed by atoms with Crippen LogP contribution in [0.15, 0.2) is 53.9 Å². The van der Waals surface area contributed by atoms with Gasteiger partial charge >= 0.3 is 0 Å². The highest BCUT2D eigenvalue weighted by molar-refractivity contribution is 7.13. The van der Waals surface area contributed by atoms with Crippen LogP contribution in [-0.4, -0.2) is 18.0 Å². The van der Waals surface area contributed by atoms with Crippen molar-refractivity contribution in [3.63, 3.8) is 0 Å². The number of hydrogen-bond acceptors (Lipinski definition) is 5. The van der Waals surface area contributed by atoms with E-state index in [1.54, 1.807) is 13.2 Å². The number of methoxy groups -OCH3 is 1. The van der Waals surface area contributed by atoms with Gasteiger partial charge in [0.15, 0.2) is 16.6 Å². The zero-order valence-corrected chi connectivity index (χ0v) is 16.9. The van der Waals surface area contributed by atoms with Gasteiger partial charge in [-0.15, -0.1) is 11.3 Å². The van der Waals surface area contributed by atoms with Crippen LogP contribution >= 0.6 is 11.3 Å². The van der Waals surface area contributed by atoms with Crippen molar-refractivity contribution in [2.75, 3.05) is 12.4 Å². The van der Waals surface area contributed by atoms with Crippen LogP contribution in [0, 0.1) is 13.8 Å². The van der Waals surface area contributed by atoms with Gasteiger partial charge in [-0.3, -0.25) is 10.1 Å². The third-order valence-corrected chi connectivity index (χ3v) is 4.98. The van der Waals surface area contributed by atoms with Crippen LogP contribution in [0.1, 0.15) is 22.4 Å². The Balaban J connectivity index is 1.65. The molecule has 5 nitrogen and oxygen atoms in total. The first-order valence-electron chi connectivity index (χ1n) is 8.81. The van der Waals surface area contributed by atoms with Gasteiger partial charge < -0.3 is 9.47 Å². The zero-order valence-electron chi connectivity index (χ0n) is 16.1. The maximum Gasteiger partial charge on any atom is 0.250 e. The molecule has 0 aliphatic carbocycles. The first kappa shape index (κ1) is 19.6. The van der Waals surface area contributed by atoms with Crippen LogP contribution in [0.5, 0.6) is 11.5 Å². The van der Waals surface area contributed by atoms with Gasteiger partial charge in [0.25, 0.3) is 0 Å². The summed E-state index contributed by atoms with van der Waals surface area (Å²) in [7, 11) is 1.60. The van der Waals surface area contributed by atoms with Crippen molar-refractivity contribution in [3.05, 3.63) is 76.3 Å². The molecule has 1 heterocycles. The minimum absolute atomic E-state index is 0.229.